The van der Waals surface area contributed by atoms with Gasteiger partial charge in [-0.25, -0.2) is 8.42 Å². The van der Waals surface area contributed by atoms with Crippen LogP contribution in [0.3, 0.4) is 0 Å². The Balaban J connectivity index is 3.89. The summed E-state index contributed by atoms with van der Waals surface area (Å²) >= 11 is -0.101. The Morgan fingerprint density at radius 2 is 2.14 bits per heavy atom. The van der Waals surface area contributed by atoms with Gasteiger partial charge in [0.25, 0.3) is 0 Å². The van der Waals surface area contributed by atoms with E-state index in [-0.39, 0.29) is 16.8 Å². The molecular weight excluding hydrogens is 136 g/mol. The lowest BCUT2D eigenvalue weighted by Gasteiger charge is -1.86. The van der Waals surface area contributed by atoms with Crippen molar-refractivity contribution in [2.24, 2.45) is 0 Å². The topological polar surface area (TPSA) is 54.4 Å². The molecule has 0 aromatic heterocycles. The lowest BCUT2D eigenvalue weighted by molar-refractivity contribution is 0.604. The minimum Gasteiger partial charge on any atom is -0.317 e. The van der Waals surface area contributed by atoms with Gasteiger partial charge in [-0.2, -0.15) is 0 Å². The molecule has 3 nitrogen and oxygen atoms in total. The molecule has 0 bridgehead atoms. The van der Waals surface area contributed by atoms with Gasteiger partial charge in [0, 0.05) is 0 Å². The zero-order chi connectivity index (χ0) is 5.91. The first kappa shape index (κ1) is 7.26. The highest BCUT2D eigenvalue weighted by atomic mass is 33.1. The van der Waals surface area contributed by atoms with Crippen LogP contribution in [0.5, 0.6) is 0 Å². The Labute approximate surface area is 46.3 Å². The van der Waals surface area contributed by atoms with Crippen molar-refractivity contribution in [1.29, 1.82) is 0 Å². The third-order valence-corrected chi connectivity index (χ3v) is 2.79. The van der Waals surface area contributed by atoms with Crippen LogP contribution in [0.4, 0.5) is 0 Å². The second-order valence-electron chi connectivity index (χ2n) is 0.921. The van der Waals surface area contributed by atoms with E-state index in [1.165, 1.54) is 6.92 Å². The van der Waals surface area contributed by atoms with Gasteiger partial charge in [-0.3, -0.25) is 0 Å². The maximum absolute atomic E-state index is 10.1. The molecule has 0 aliphatic heterocycles. The molecule has 0 aromatic rings. The van der Waals surface area contributed by atoms with E-state index in [2.05, 4.69) is 0 Å². The third-order valence-electron chi connectivity index (χ3n) is 0.467. The van der Waals surface area contributed by atoms with E-state index in [0.29, 0.717) is 0 Å². The highest BCUT2D eigenvalue weighted by molar-refractivity contribution is 8.69. The van der Waals surface area contributed by atoms with Crippen molar-refractivity contribution in [2.75, 3.05) is 5.75 Å². The monoisotopic (exact) mass is 142 g/mol. The van der Waals surface area contributed by atoms with E-state index in [1.807, 2.05) is 0 Å². The maximum atomic E-state index is 10.1. The second-order valence-corrected chi connectivity index (χ2v) is 4.73. The molecule has 0 unspecified atom stereocenters. The molecule has 0 saturated heterocycles. The molecule has 0 aliphatic rings. The molecule has 0 heterocycles. The van der Waals surface area contributed by atoms with E-state index in [1.54, 1.807) is 0 Å². The third kappa shape index (κ3) is 2.90. The molecule has 0 aliphatic carbocycles. The van der Waals surface area contributed by atoms with E-state index >= 15 is 0 Å². The van der Waals surface area contributed by atoms with Crippen molar-refractivity contribution in [3.05, 3.63) is 0 Å². The minimum atomic E-state index is -3.19. The van der Waals surface area contributed by atoms with Gasteiger partial charge in [0.2, 0.25) is 8.87 Å². The molecular formula is C2H6O3S2. The summed E-state index contributed by atoms with van der Waals surface area (Å²) in [6, 6.07) is 0. The Bertz CT molecular complexity index is 114. The van der Waals surface area contributed by atoms with Crippen LogP contribution >= 0.6 is 11.1 Å². The van der Waals surface area contributed by atoms with Gasteiger partial charge in [-0.05, 0) is 0 Å². The van der Waals surface area contributed by atoms with Crippen molar-refractivity contribution in [1.82, 2.24) is 0 Å². The highest BCUT2D eigenvalue weighted by Crippen LogP contribution is 2.04. The standard InChI is InChI=1S/C2H6O3S2/c1-2-7(4,5)6-3/h3H,2H2,1H3. The lowest BCUT2D eigenvalue weighted by Crippen LogP contribution is -1.93. The molecule has 0 saturated carbocycles. The van der Waals surface area contributed by atoms with Crippen LogP contribution < -0.4 is 0 Å². The van der Waals surface area contributed by atoms with Crippen LogP contribution in [0, 0.1) is 0 Å². The predicted octanol–water partition coefficient (Wildman–Crippen LogP) is 0.542. The van der Waals surface area contributed by atoms with E-state index < -0.39 is 8.87 Å². The van der Waals surface area contributed by atoms with Gasteiger partial charge in [-0.15, -0.1) is 0 Å². The summed E-state index contributed by atoms with van der Waals surface area (Å²) in [6.07, 6.45) is 0. The van der Waals surface area contributed by atoms with Gasteiger partial charge >= 0.3 is 0 Å². The first-order chi connectivity index (χ1) is 3.12. The molecule has 0 atom stereocenters. The highest BCUT2D eigenvalue weighted by Gasteiger charge is 2.03. The molecule has 7 heavy (non-hydrogen) atoms. The molecule has 0 spiro atoms. The molecule has 0 rings (SSSR count). The van der Waals surface area contributed by atoms with E-state index in [4.69, 9.17) is 4.55 Å². The zero-order valence-electron chi connectivity index (χ0n) is 3.79. The summed E-state index contributed by atoms with van der Waals surface area (Å²) in [7, 11) is -3.19. The van der Waals surface area contributed by atoms with Crippen LogP contribution in [0.1, 0.15) is 6.92 Å². The van der Waals surface area contributed by atoms with Crippen LogP contribution in [-0.2, 0) is 8.87 Å². The summed E-state index contributed by atoms with van der Waals surface area (Å²) in [4.78, 5) is 0. The summed E-state index contributed by atoms with van der Waals surface area (Å²) < 4.78 is 28.1. The van der Waals surface area contributed by atoms with Crippen LogP contribution in [0.25, 0.3) is 0 Å². The smallest absolute Gasteiger partial charge is 0.226 e. The normalized spacial score (nSPS) is 11.7. The zero-order valence-corrected chi connectivity index (χ0v) is 5.42. The van der Waals surface area contributed by atoms with Crippen LogP contribution in [-0.4, -0.2) is 18.7 Å². The average molecular weight is 142 g/mol. The van der Waals surface area contributed by atoms with Crippen LogP contribution in [0.15, 0.2) is 0 Å². The SMILES string of the molecule is CCS(=O)(=O)SO. The first-order valence-corrected chi connectivity index (χ1v) is 4.62. The van der Waals surface area contributed by atoms with Gasteiger partial charge in [0.15, 0.2) is 0 Å². The van der Waals surface area contributed by atoms with Crippen molar-refractivity contribution < 1.29 is 13.0 Å². The summed E-state index contributed by atoms with van der Waals surface area (Å²) in [6.45, 7) is 1.47. The molecule has 0 amide bonds. The molecule has 0 radical (unpaired) electrons. The van der Waals surface area contributed by atoms with E-state index in [9.17, 15) is 8.42 Å². The Hall–Kier alpha value is 0.260. The minimum absolute atomic E-state index is 0.0197. The van der Waals surface area contributed by atoms with Gasteiger partial charge in [-0.1, -0.05) is 6.92 Å². The second kappa shape index (κ2) is 2.54. The molecule has 0 fully saturated rings. The Morgan fingerprint density at radius 3 is 2.14 bits per heavy atom. The summed E-state index contributed by atoms with van der Waals surface area (Å²) in [5, 5.41) is 0. The summed E-state index contributed by atoms with van der Waals surface area (Å²) in [5.41, 5.74) is 0. The average Bonchev–Trinajstić information content (AvgIpc) is 1.68. The fourth-order valence-electron chi connectivity index (χ4n) is 0.0527. The largest absolute Gasteiger partial charge is 0.317 e. The Morgan fingerprint density at radius 1 is 1.71 bits per heavy atom. The maximum Gasteiger partial charge on any atom is 0.226 e. The fourth-order valence-corrected chi connectivity index (χ4v) is 0.474. The van der Waals surface area contributed by atoms with Gasteiger partial charge in [0.05, 0.1) is 5.75 Å². The van der Waals surface area contributed by atoms with E-state index in [0.717, 1.165) is 0 Å². The molecule has 0 aromatic carbocycles. The van der Waals surface area contributed by atoms with Gasteiger partial charge in [0.1, 0.15) is 11.1 Å². The van der Waals surface area contributed by atoms with Crippen molar-refractivity contribution in [3.63, 3.8) is 0 Å². The fraction of sp³-hybridized carbons (Fsp3) is 1.00. The predicted molar refractivity (Wildman–Crippen MR) is 29.7 cm³/mol. The number of hydrogen-bond donors (Lipinski definition) is 1. The van der Waals surface area contributed by atoms with Crippen molar-refractivity contribution in [3.8, 4) is 0 Å². The summed E-state index contributed by atoms with van der Waals surface area (Å²) in [5.74, 6) is -0.0197. The number of rotatable bonds is 2. The quantitative estimate of drug-likeness (QED) is 0.451. The van der Waals surface area contributed by atoms with Crippen molar-refractivity contribution >= 4 is 19.9 Å². The first-order valence-electron chi connectivity index (χ1n) is 1.68. The van der Waals surface area contributed by atoms with Crippen molar-refractivity contribution in [2.45, 2.75) is 6.92 Å². The number of hydrogen-bond acceptors (Lipinski definition) is 4. The van der Waals surface area contributed by atoms with Gasteiger partial charge < -0.3 is 4.55 Å². The lowest BCUT2D eigenvalue weighted by atomic mass is 11.0. The molecule has 1 N–H and O–H groups in total. The van der Waals surface area contributed by atoms with Crippen LogP contribution in [0.2, 0.25) is 0 Å². The molecule has 5 heteroatoms. The molecule has 44 valence electrons. The Kier molecular flexibility index (Phi) is 2.63.